The molecule has 0 unspecified atom stereocenters. The van der Waals surface area contributed by atoms with Crippen LogP contribution in [0.15, 0.2) is 36.4 Å². The number of rotatable bonds is 8. The molecule has 25 heavy (non-hydrogen) atoms. The average molecular weight is 382 g/mol. The molecule has 7 heteroatoms. The molecule has 0 spiro atoms. The average Bonchev–Trinajstić information content (AvgIpc) is 3.02. The van der Waals surface area contributed by atoms with E-state index in [9.17, 15) is 9.59 Å². The summed E-state index contributed by atoms with van der Waals surface area (Å²) in [6.07, 6.45) is 0.782. The largest absolute Gasteiger partial charge is 0.497 e. The van der Waals surface area contributed by atoms with E-state index in [2.05, 4.69) is 0 Å². The van der Waals surface area contributed by atoms with Gasteiger partial charge < -0.3 is 14.4 Å². The fraction of sp³-hybridized carbons (Fsp3) is 0.333. The number of hydrogen-bond acceptors (Lipinski definition) is 5. The lowest BCUT2D eigenvalue weighted by molar-refractivity contribution is -0.151. The Labute approximate surface area is 156 Å². The van der Waals surface area contributed by atoms with Crippen LogP contribution in [0.1, 0.15) is 16.9 Å². The molecular formula is C18H20ClNO4S. The van der Waals surface area contributed by atoms with E-state index in [-0.39, 0.29) is 18.9 Å². The number of halogens is 1. The van der Waals surface area contributed by atoms with Crippen molar-refractivity contribution < 1.29 is 19.1 Å². The molecule has 2 aromatic rings. The van der Waals surface area contributed by atoms with Gasteiger partial charge >= 0.3 is 5.97 Å². The van der Waals surface area contributed by atoms with Crippen LogP contribution < -0.4 is 4.74 Å². The highest BCUT2D eigenvalue weighted by atomic mass is 35.5. The first kappa shape index (κ1) is 19.3. The lowest BCUT2D eigenvalue weighted by Gasteiger charge is -2.16. The Balaban J connectivity index is 1.70. The molecule has 0 bridgehead atoms. The second-order valence-electron chi connectivity index (χ2n) is 5.46. The summed E-state index contributed by atoms with van der Waals surface area (Å²) >= 11 is 7.29. The maximum Gasteiger partial charge on any atom is 0.306 e. The summed E-state index contributed by atoms with van der Waals surface area (Å²) in [4.78, 5) is 26.3. The van der Waals surface area contributed by atoms with Crippen molar-refractivity contribution in [1.29, 1.82) is 0 Å². The van der Waals surface area contributed by atoms with Gasteiger partial charge in [-0.3, -0.25) is 9.59 Å². The minimum atomic E-state index is -0.392. The molecule has 0 aliphatic carbocycles. The lowest BCUT2D eigenvalue weighted by Crippen LogP contribution is -2.30. The van der Waals surface area contributed by atoms with Gasteiger partial charge in [0.05, 0.1) is 18.0 Å². The molecule has 0 saturated carbocycles. The third-order valence-electron chi connectivity index (χ3n) is 3.58. The molecule has 2 rings (SSSR count). The third-order valence-corrected chi connectivity index (χ3v) is 4.80. The third kappa shape index (κ3) is 6.40. The van der Waals surface area contributed by atoms with Gasteiger partial charge in [0.15, 0.2) is 6.61 Å². The van der Waals surface area contributed by atoms with Crippen LogP contribution in [0.25, 0.3) is 0 Å². The standard InChI is InChI=1S/C18H20ClNO4S/c1-20(11-15-8-9-16(19)25-15)17(21)12-24-18(22)10-5-13-3-6-14(23-2)7-4-13/h3-4,6-9H,5,10-12H2,1-2H3. The molecule has 0 radical (unpaired) electrons. The number of likely N-dealkylation sites (N-methyl/N-ethyl adjacent to an activating group) is 1. The maximum absolute atomic E-state index is 12.0. The zero-order valence-corrected chi connectivity index (χ0v) is 15.7. The Hall–Kier alpha value is -2.05. The van der Waals surface area contributed by atoms with Crippen molar-refractivity contribution in [3.63, 3.8) is 0 Å². The molecule has 1 heterocycles. The number of thiophene rings is 1. The molecule has 1 aromatic heterocycles. The van der Waals surface area contributed by atoms with E-state index >= 15 is 0 Å². The Bertz CT molecular complexity index is 714. The van der Waals surface area contributed by atoms with Crippen LogP contribution in [0.4, 0.5) is 0 Å². The summed E-state index contributed by atoms with van der Waals surface area (Å²) in [6.45, 7) is 0.191. The second kappa shape index (κ2) is 9.44. The topological polar surface area (TPSA) is 55.8 Å². The van der Waals surface area contributed by atoms with Crippen molar-refractivity contribution in [2.75, 3.05) is 20.8 Å². The number of carbonyl (C=O) groups excluding carboxylic acids is 2. The van der Waals surface area contributed by atoms with Gasteiger partial charge in [-0.1, -0.05) is 23.7 Å². The number of methoxy groups -OCH3 is 1. The Morgan fingerprint density at radius 1 is 1.16 bits per heavy atom. The molecule has 1 amide bonds. The minimum absolute atomic E-state index is 0.226. The fourth-order valence-corrected chi connectivity index (χ4v) is 3.26. The van der Waals surface area contributed by atoms with E-state index in [4.69, 9.17) is 21.1 Å². The molecule has 0 atom stereocenters. The van der Waals surface area contributed by atoms with Crippen LogP contribution in [0.3, 0.4) is 0 Å². The van der Waals surface area contributed by atoms with Gasteiger partial charge in [-0.2, -0.15) is 0 Å². The highest BCUT2D eigenvalue weighted by Gasteiger charge is 2.13. The number of aryl methyl sites for hydroxylation is 1. The van der Waals surface area contributed by atoms with Gasteiger partial charge in [0.1, 0.15) is 5.75 Å². The monoisotopic (exact) mass is 381 g/mol. The Kier molecular flexibility index (Phi) is 7.28. The van der Waals surface area contributed by atoms with Crippen LogP contribution in [0, 0.1) is 0 Å². The zero-order valence-electron chi connectivity index (χ0n) is 14.2. The summed E-state index contributed by atoms with van der Waals surface area (Å²) in [5.41, 5.74) is 1.01. The summed E-state index contributed by atoms with van der Waals surface area (Å²) in [6, 6.07) is 11.1. The van der Waals surface area contributed by atoms with Crippen molar-refractivity contribution in [1.82, 2.24) is 4.90 Å². The van der Waals surface area contributed by atoms with E-state index in [0.717, 1.165) is 16.2 Å². The van der Waals surface area contributed by atoms with Gasteiger partial charge in [0.25, 0.3) is 5.91 Å². The Morgan fingerprint density at radius 3 is 2.48 bits per heavy atom. The Morgan fingerprint density at radius 2 is 1.88 bits per heavy atom. The summed E-state index contributed by atoms with van der Waals surface area (Å²) in [7, 11) is 3.27. The first-order valence-corrected chi connectivity index (χ1v) is 8.94. The van der Waals surface area contributed by atoms with E-state index in [1.54, 1.807) is 20.2 Å². The number of carbonyl (C=O) groups is 2. The lowest BCUT2D eigenvalue weighted by atomic mass is 10.1. The maximum atomic E-state index is 12.0. The molecule has 0 aliphatic rings. The molecule has 5 nitrogen and oxygen atoms in total. The minimum Gasteiger partial charge on any atom is -0.497 e. The summed E-state index contributed by atoms with van der Waals surface area (Å²) in [5, 5.41) is 0. The fourth-order valence-electron chi connectivity index (χ4n) is 2.12. The number of ether oxygens (including phenoxy) is 2. The predicted octanol–water partition coefficient (Wildman–Crippen LogP) is 3.54. The van der Waals surface area contributed by atoms with Crippen LogP contribution in [-0.2, 0) is 27.3 Å². The first-order valence-electron chi connectivity index (χ1n) is 7.74. The molecule has 134 valence electrons. The number of amides is 1. The quantitative estimate of drug-likeness (QED) is 0.656. The summed E-state index contributed by atoms with van der Waals surface area (Å²) < 4.78 is 10.8. The molecule has 1 aromatic carbocycles. The van der Waals surface area contributed by atoms with Gasteiger partial charge in [0.2, 0.25) is 0 Å². The number of esters is 1. The van der Waals surface area contributed by atoms with E-state index in [1.807, 2.05) is 30.3 Å². The first-order chi connectivity index (χ1) is 12.0. The van der Waals surface area contributed by atoms with Crippen LogP contribution >= 0.6 is 22.9 Å². The van der Waals surface area contributed by atoms with E-state index in [1.165, 1.54) is 16.2 Å². The highest BCUT2D eigenvalue weighted by molar-refractivity contribution is 7.16. The van der Waals surface area contributed by atoms with Crippen molar-refractivity contribution >= 4 is 34.8 Å². The molecule has 0 aliphatic heterocycles. The molecule has 0 saturated heterocycles. The molecule has 0 fully saturated rings. The van der Waals surface area contributed by atoms with Gasteiger partial charge in [-0.15, -0.1) is 11.3 Å². The van der Waals surface area contributed by atoms with Crippen molar-refractivity contribution in [2.45, 2.75) is 19.4 Å². The van der Waals surface area contributed by atoms with Crippen LogP contribution in [0.5, 0.6) is 5.75 Å². The van der Waals surface area contributed by atoms with E-state index < -0.39 is 5.97 Å². The normalized spacial score (nSPS) is 10.4. The number of hydrogen-bond donors (Lipinski definition) is 0. The zero-order chi connectivity index (χ0) is 18.2. The smallest absolute Gasteiger partial charge is 0.306 e. The van der Waals surface area contributed by atoms with Gasteiger partial charge in [-0.05, 0) is 36.2 Å². The number of nitrogens with zero attached hydrogens (tertiary/aromatic N) is 1. The van der Waals surface area contributed by atoms with Crippen LogP contribution in [0.2, 0.25) is 4.34 Å². The van der Waals surface area contributed by atoms with Crippen LogP contribution in [-0.4, -0.2) is 37.5 Å². The SMILES string of the molecule is COc1ccc(CCC(=O)OCC(=O)N(C)Cc2ccc(Cl)s2)cc1. The van der Waals surface area contributed by atoms with Gasteiger partial charge in [-0.25, -0.2) is 0 Å². The van der Waals surface area contributed by atoms with Crippen molar-refractivity contribution in [3.8, 4) is 5.75 Å². The van der Waals surface area contributed by atoms with E-state index in [0.29, 0.717) is 17.3 Å². The number of benzene rings is 1. The van der Waals surface area contributed by atoms with Crippen molar-refractivity contribution in [3.05, 3.63) is 51.2 Å². The second-order valence-corrected chi connectivity index (χ2v) is 7.26. The predicted molar refractivity (Wildman–Crippen MR) is 98.1 cm³/mol. The molecular weight excluding hydrogens is 362 g/mol. The van der Waals surface area contributed by atoms with Gasteiger partial charge in [0, 0.05) is 18.3 Å². The van der Waals surface area contributed by atoms with Crippen molar-refractivity contribution in [2.24, 2.45) is 0 Å². The summed E-state index contributed by atoms with van der Waals surface area (Å²) in [5.74, 6) is 0.131. The highest BCUT2D eigenvalue weighted by Crippen LogP contribution is 2.22. The molecule has 0 N–H and O–H groups in total.